The second kappa shape index (κ2) is 7.28. The number of fused-ring (bicyclic) bond motifs is 3. The van der Waals surface area contributed by atoms with Crippen molar-refractivity contribution in [3.05, 3.63) is 30.4 Å². The van der Waals surface area contributed by atoms with E-state index in [0.717, 1.165) is 23.3 Å². The van der Waals surface area contributed by atoms with Gasteiger partial charge in [0.1, 0.15) is 0 Å². The van der Waals surface area contributed by atoms with Gasteiger partial charge in [0, 0.05) is 30.0 Å². The van der Waals surface area contributed by atoms with Gasteiger partial charge < -0.3 is 4.98 Å². The topological polar surface area (TPSA) is 92.2 Å². The predicted molar refractivity (Wildman–Crippen MR) is 102 cm³/mol. The van der Waals surface area contributed by atoms with E-state index in [2.05, 4.69) is 19.7 Å². The molecule has 1 fully saturated rings. The molecule has 1 aliphatic rings. The summed E-state index contributed by atoms with van der Waals surface area (Å²) in [6.45, 7) is 2.04. The maximum Gasteiger partial charge on any atom is 0.390 e. The van der Waals surface area contributed by atoms with Gasteiger partial charge in [-0.25, -0.2) is 23.1 Å². The molecule has 4 rings (SSSR count). The number of sulfonamides is 1. The lowest BCUT2D eigenvalue weighted by Gasteiger charge is -2.17. The molecular weight excluding hydrogens is 407 g/mol. The molecule has 158 valence electrons. The summed E-state index contributed by atoms with van der Waals surface area (Å²) in [7, 11) is -4.00. The van der Waals surface area contributed by atoms with Crippen molar-refractivity contribution in [1.82, 2.24) is 24.1 Å². The van der Waals surface area contributed by atoms with E-state index in [9.17, 15) is 21.6 Å². The van der Waals surface area contributed by atoms with Crippen LogP contribution in [0.2, 0.25) is 0 Å². The van der Waals surface area contributed by atoms with Crippen LogP contribution in [0.1, 0.15) is 44.2 Å². The van der Waals surface area contributed by atoms with Crippen molar-refractivity contribution >= 4 is 26.8 Å². The zero-order valence-electron chi connectivity index (χ0n) is 15.8. The third kappa shape index (κ3) is 4.11. The first-order valence-electron chi connectivity index (χ1n) is 9.53. The summed E-state index contributed by atoms with van der Waals surface area (Å²) in [5, 5.41) is 0. The average Bonchev–Trinajstić information content (AvgIpc) is 3.35. The molecule has 0 aliphatic heterocycles. The van der Waals surface area contributed by atoms with E-state index >= 15 is 0 Å². The lowest BCUT2D eigenvalue weighted by Crippen LogP contribution is -2.36. The molecule has 3 heterocycles. The number of hydrogen-bond acceptors (Lipinski definition) is 4. The Labute approximate surface area is 165 Å². The zero-order chi connectivity index (χ0) is 20.8. The molecule has 1 aliphatic carbocycles. The minimum absolute atomic E-state index is 0.0471. The molecule has 7 nitrogen and oxygen atoms in total. The number of nitrogens with one attached hydrogen (secondary N) is 2. The molecule has 0 unspecified atom stereocenters. The van der Waals surface area contributed by atoms with E-state index in [-0.39, 0.29) is 11.8 Å². The SMILES string of the molecule is CC[C@@H]1C[C@H](NS(=O)(=O)CCC(F)(F)F)C[C@@H]1c1cnc2cnc3[nH]ccc3n12. The smallest absolute Gasteiger partial charge is 0.345 e. The summed E-state index contributed by atoms with van der Waals surface area (Å²) < 4.78 is 66.0. The van der Waals surface area contributed by atoms with Gasteiger partial charge in [0.25, 0.3) is 0 Å². The minimum atomic E-state index is -4.49. The highest BCUT2D eigenvalue weighted by Gasteiger charge is 2.38. The summed E-state index contributed by atoms with van der Waals surface area (Å²) in [5.74, 6) is -0.696. The Bertz CT molecular complexity index is 1120. The standard InChI is InChI=1S/C18H22F3N5O2S/c1-2-11-7-12(25-29(27,28)6-4-18(19,20)21)8-13(11)15-9-23-16-10-24-17-14(26(15)16)3-5-22-17/h3,5,9-13,22,25H,2,4,6-8H2,1H3/t11-,12+,13+/m1/s1. The van der Waals surface area contributed by atoms with Crippen LogP contribution in [0.15, 0.2) is 24.7 Å². The highest BCUT2D eigenvalue weighted by atomic mass is 32.2. The number of aromatic nitrogens is 4. The molecule has 0 aromatic carbocycles. The second-order valence-corrected chi connectivity index (χ2v) is 9.46. The molecule has 0 amide bonds. The number of halogens is 3. The van der Waals surface area contributed by atoms with Gasteiger partial charge in [-0.3, -0.25) is 4.40 Å². The number of rotatable bonds is 6. The summed E-state index contributed by atoms with van der Waals surface area (Å²) in [6, 6.07) is 1.52. The van der Waals surface area contributed by atoms with E-state index in [1.54, 1.807) is 18.6 Å². The van der Waals surface area contributed by atoms with E-state index < -0.39 is 34.4 Å². The Kier molecular flexibility index (Phi) is 5.06. The van der Waals surface area contributed by atoms with Crippen LogP contribution >= 0.6 is 0 Å². The molecule has 0 spiro atoms. The fourth-order valence-corrected chi connectivity index (χ4v) is 5.67. The van der Waals surface area contributed by atoms with Crippen molar-refractivity contribution in [1.29, 1.82) is 0 Å². The zero-order valence-corrected chi connectivity index (χ0v) is 16.6. The fraction of sp³-hybridized carbons (Fsp3) is 0.556. The van der Waals surface area contributed by atoms with Gasteiger partial charge >= 0.3 is 6.18 Å². The molecule has 0 saturated heterocycles. The lowest BCUT2D eigenvalue weighted by molar-refractivity contribution is -0.130. The molecule has 1 saturated carbocycles. The molecule has 11 heteroatoms. The highest BCUT2D eigenvalue weighted by molar-refractivity contribution is 7.89. The van der Waals surface area contributed by atoms with Crippen LogP contribution in [0, 0.1) is 5.92 Å². The van der Waals surface area contributed by atoms with E-state index in [0.29, 0.717) is 18.5 Å². The van der Waals surface area contributed by atoms with E-state index in [1.165, 1.54) is 0 Å². The van der Waals surface area contributed by atoms with Crippen LogP contribution in [-0.4, -0.2) is 45.7 Å². The lowest BCUT2D eigenvalue weighted by atomic mass is 9.91. The minimum Gasteiger partial charge on any atom is -0.345 e. The average molecular weight is 429 g/mol. The summed E-state index contributed by atoms with van der Waals surface area (Å²) in [5.41, 5.74) is 3.29. The molecule has 2 N–H and O–H groups in total. The van der Waals surface area contributed by atoms with E-state index in [4.69, 9.17) is 0 Å². The molecule has 3 aromatic heterocycles. The van der Waals surface area contributed by atoms with Crippen LogP contribution in [0.25, 0.3) is 16.8 Å². The van der Waals surface area contributed by atoms with E-state index in [1.807, 2.05) is 17.4 Å². The number of hydrogen-bond donors (Lipinski definition) is 2. The van der Waals surface area contributed by atoms with Gasteiger partial charge in [-0.05, 0) is 24.8 Å². The largest absolute Gasteiger partial charge is 0.390 e. The number of nitrogens with zero attached hydrogens (tertiary/aromatic N) is 3. The predicted octanol–water partition coefficient (Wildman–Crippen LogP) is 3.35. The van der Waals surface area contributed by atoms with Crippen molar-refractivity contribution in [2.75, 3.05) is 5.75 Å². The third-order valence-electron chi connectivity index (χ3n) is 5.67. The number of H-pyrrole nitrogens is 1. The second-order valence-electron chi connectivity index (χ2n) is 7.59. The van der Waals surface area contributed by atoms with Crippen LogP contribution in [0.4, 0.5) is 13.2 Å². The normalized spacial score (nSPS) is 23.4. The Hall–Kier alpha value is -2.14. The summed E-state index contributed by atoms with van der Waals surface area (Å²) >= 11 is 0. The fourth-order valence-electron chi connectivity index (χ4n) is 4.35. The van der Waals surface area contributed by atoms with Crippen molar-refractivity contribution in [2.24, 2.45) is 5.92 Å². The van der Waals surface area contributed by atoms with Crippen LogP contribution in [0.3, 0.4) is 0 Å². The monoisotopic (exact) mass is 429 g/mol. The van der Waals surface area contributed by atoms with Crippen LogP contribution in [0.5, 0.6) is 0 Å². The molecule has 29 heavy (non-hydrogen) atoms. The van der Waals surface area contributed by atoms with Gasteiger partial charge in [0.2, 0.25) is 10.0 Å². The van der Waals surface area contributed by atoms with Gasteiger partial charge in [-0.2, -0.15) is 13.2 Å². The molecule has 0 bridgehead atoms. The maximum atomic E-state index is 12.4. The number of aromatic amines is 1. The first-order chi connectivity index (χ1) is 13.7. The molecule has 3 atom stereocenters. The molecular formula is C18H22F3N5O2S. The van der Waals surface area contributed by atoms with Gasteiger partial charge in [0.05, 0.1) is 23.9 Å². The first kappa shape index (κ1) is 20.1. The van der Waals surface area contributed by atoms with Gasteiger partial charge in [-0.1, -0.05) is 13.3 Å². The Morgan fingerprint density at radius 2 is 2.07 bits per heavy atom. The Morgan fingerprint density at radius 1 is 1.28 bits per heavy atom. The Morgan fingerprint density at radius 3 is 2.79 bits per heavy atom. The van der Waals surface area contributed by atoms with Crippen LogP contribution < -0.4 is 4.72 Å². The summed E-state index contributed by atoms with van der Waals surface area (Å²) in [6.07, 6.45) is 1.36. The maximum absolute atomic E-state index is 12.4. The van der Waals surface area contributed by atoms with Gasteiger partial charge in [0.15, 0.2) is 11.3 Å². The van der Waals surface area contributed by atoms with Crippen molar-refractivity contribution in [2.45, 2.75) is 50.7 Å². The number of imidazole rings is 1. The molecule has 0 radical (unpaired) electrons. The van der Waals surface area contributed by atoms with Crippen molar-refractivity contribution in [3.8, 4) is 0 Å². The number of alkyl halides is 3. The highest BCUT2D eigenvalue weighted by Crippen LogP contribution is 2.42. The van der Waals surface area contributed by atoms with Crippen molar-refractivity contribution < 1.29 is 21.6 Å². The third-order valence-corrected chi connectivity index (χ3v) is 7.10. The Balaban J connectivity index is 1.58. The van der Waals surface area contributed by atoms with Crippen molar-refractivity contribution in [3.63, 3.8) is 0 Å². The first-order valence-corrected chi connectivity index (χ1v) is 11.2. The molecule has 3 aromatic rings. The van der Waals surface area contributed by atoms with Crippen LogP contribution in [-0.2, 0) is 10.0 Å². The van der Waals surface area contributed by atoms with Gasteiger partial charge in [-0.15, -0.1) is 0 Å². The quantitative estimate of drug-likeness (QED) is 0.629. The summed E-state index contributed by atoms with van der Waals surface area (Å²) in [4.78, 5) is 11.8.